The van der Waals surface area contributed by atoms with E-state index < -0.39 is 21.3 Å². The highest BCUT2D eigenvalue weighted by Gasteiger charge is 2.64. The van der Waals surface area contributed by atoms with E-state index in [2.05, 4.69) is 32.4 Å². The van der Waals surface area contributed by atoms with Crippen LogP contribution in [0, 0.1) is 52.3 Å². The van der Waals surface area contributed by atoms with Crippen molar-refractivity contribution in [2.24, 2.45) is 52.3 Å². The van der Waals surface area contributed by atoms with Gasteiger partial charge in [0.2, 0.25) is 10.0 Å². The first-order valence-corrected chi connectivity index (χ1v) is 18.5. The van der Waals surface area contributed by atoms with E-state index in [1.165, 1.54) is 25.7 Å². The van der Waals surface area contributed by atoms with Crippen LogP contribution in [0.4, 0.5) is 4.79 Å². The monoisotopic (exact) mass is 594 g/mol. The molecular weight excluding hydrogens is 536 g/mol. The van der Waals surface area contributed by atoms with E-state index in [-0.39, 0.29) is 29.0 Å². The number of aliphatic hydroxyl groups is 2. The van der Waals surface area contributed by atoms with Gasteiger partial charge in [0.15, 0.2) is 0 Å². The van der Waals surface area contributed by atoms with Gasteiger partial charge < -0.3 is 15.1 Å². The number of urea groups is 1. The minimum absolute atomic E-state index is 0.183. The Morgan fingerprint density at radius 3 is 2.29 bits per heavy atom. The predicted octanol–water partition coefficient (Wildman–Crippen LogP) is 5.94. The third-order valence-electron chi connectivity index (χ3n) is 13.6. The second-order valence-electron chi connectivity index (χ2n) is 15.5. The highest BCUT2D eigenvalue weighted by molar-refractivity contribution is 7.90. The van der Waals surface area contributed by atoms with Crippen molar-refractivity contribution in [3.05, 3.63) is 0 Å². The summed E-state index contributed by atoms with van der Waals surface area (Å²) in [6, 6.07) is -0.505. The van der Waals surface area contributed by atoms with Gasteiger partial charge in [0.1, 0.15) is 0 Å². The molecule has 0 unspecified atom stereocenters. The van der Waals surface area contributed by atoms with Crippen molar-refractivity contribution in [1.29, 1.82) is 0 Å². The molecule has 2 amide bonds. The fourth-order valence-corrected chi connectivity index (χ4v) is 12.8. The Labute approximate surface area is 249 Å². The maximum absolute atomic E-state index is 12.8. The Morgan fingerprint density at radius 1 is 0.951 bits per heavy atom. The van der Waals surface area contributed by atoms with Crippen LogP contribution in [0.5, 0.6) is 0 Å². The van der Waals surface area contributed by atoms with Crippen molar-refractivity contribution < 1.29 is 23.4 Å². The van der Waals surface area contributed by atoms with Gasteiger partial charge in [0.25, 0.3) is 0 Å². The molecule has 7 nitrogen and oxygen atoms in total. The van der Waals surface area contributed by atoms with Gasteiger partial charge in [-0.1, -0.05) is 53.4 Å². The van der Waals surface area contributed by atoms with E-state index in [4.69, 9.17) is 0 Å². The number of amides is 2. The van der Waals surface area contributed by atoms with Crippen molar-refractivity contribution in [3.63, 3.8) is 0 Å². The Bertz CT molecular complexity index is 1050. The smallest absolute Gasteiger partial charge is 0.330 e. The minimum Gasteiger partial charge on any atom is -0.393 e. The summed E-state index contributed by atoms with van der Waals surface area (Å²) in [6.45, 7) is 10.1. The molecule has 3 N–H and O–H groups in total. The fourth-order valence-electron chi connectivity index (χ4n) is 11.3. The van der Waals surface area contributed by atoms with Crippen LogP contribution in [0.1, 0.15) is 118 Å². The molecule has 11 atom stereocenters. The molecule has 0 aliphatic heterocycles. The number of carbonyl (C=O) groups is 1. The number of hydrogen-bond acceptors (Lipinski definition) is 5. The van der Waals surface area contributed by atoms with E-state index in [1.54, 1.807) is 11.9 Å². The summed E-state index contributed by atoms with van der Waals surface area (Å²) in [5.74, 6) is 3.04. The predicted molar refractivity (Wildman–Crippen MR) is 163 cm³/mol. The van der Waals surface area contributed by atoms with Crippen molar-refractivity contribution >= 4 is 16.1 Å². The number of aliphatic hydroxyl groups excluding tert-OH is 2. The minimum atomic E-state index is -3.63. The number of hydrogen-bond donors (Lipinski definition) is 3. The molecule has 5 fully saturated rings. The fraction of sp³-hybridized carbons (Fsp3) is 0.970. The first-order chi connectivity index (χ1) is 19.3. The lowest BCUT2D eigenvalue weighted by Crippen LogP contribution is -2.62. The third-order valence-corrected chi connectivity index (χ3v) is 15.4. The molecule has 0 aromatic heterocycles. The van der Waals surface area contributed by atoms with E-state index in [9.17, 15) is 23.4 Å². The largest absolute Gasteiger partial charge is 0.393 e. The maximum Gasteiger partial charge on any atom is 0.330 e. The average Bonchev–Trinajstić information content (AvgIpc) is 3.30. The van der Waals surface area contributed by atoms with Crippen molar-refractivity contribution in [1.82, 2.24) is 9.62 Å². The Balaban J connectivity index is 1.23. The molecule has 0 heterocycles. The van der Waals surface area contributed by atoms with E-state index in [0.717, 1.165) is 51.4 Å². The van der Waals surface area contributed by atoms with Crippen LogP contribution in [0.3, 0.4) is 0 Å². The zero-order valence-corrected chi connectivity index (χ0v) is 27.2. The molecule has 0 spiro atoms. The molecule has 5 aliphatic carbocycles. The molecule has 5 aliphatic rings. The van der Waals surface area contributed by atoms with Gasteiger partial charge >= 0.3 is 6.03 Å². The summed E-state index contributed by atoms with van der Waals surface area (Å²) >= 11 is 0. The van der Waals surface area contributed by atoms with Crippen molar-refractivity contribution in [3.8, 4) is 0 Å². The Kier molecular flexibility index (Phi) is 9.17. The van der Waals surface area contributed by atoms with Crippen LogP contribution < -0.4 is 4.72 Å². The highest BCUT2D eigenvalue weighted by Crippen LogP contribution is 2.69. The molecule has 5 rings (SSSR count). The normalized spacial score (nSPS) is 43.9. The molecule has 236 valence electrons. The molecule has 0 bridgehead atoms. The lowest BCUT2D eigenvalue weighted by molar-refractivity contribution is -0.203. The molecule has 41 heavy (non-hydrogen) atoms. The SMILES string of the molecule is CC[C@H]1[C@@H](O)[C@@H]2[C@H](CC[C@]3(C)[C@@H]([C@H](C)CCN(C)C(=O)NS(=O)(=O)C4CCCCC4)CC[C@@H]23)[C@@]2(C)CC[C@@H](O)C[C@@H]12. The van der Waals surface area contributed by atoms with Crippen LogP contribution in [-0.2, 0) is 10.0 Å². The van der Waals surface area contributed by atoms with E-state index in [0.29, 0.717) is 54.9 Å². The summed E-state index contributed by atoms with van der Waals surface area (Å²) in [5, 5.41) is 22.0. The number of nitrogens with zero attached hydrogens (tertiary/aromatic N) is 1. The molecular formula is C33H58N2O5S. The molecule has 5 saturated carbocycles. The van der Waals surface area contributed by atoms with Crippen LogP contribution >= 0.6 is 0 Å². The summed E-state index contributed by atoms with van der Waals surface area (Å²) in [6.07, 6.45) is 13.0. The van der Waals surface area contributed by atoms with E-state index in [1.807, 2.05) is 0 Å². The van der Waals surface area contributed by atoms with Gasteiger partial charge in [-0.15, -0.1) is 0 Å². The summed E-state index contributed by atoms with van der Waals surface area (Å²) in [4.78, 5) is 14.4. The lowest BCUT2D eigenvalue weighted by atomic mass is 9.41. The van der Waals surface area contributed by atoms with Gasteiger partial charge in [0.05, 0.1) is 17.5 Å². The Hall–Kier alpha value is -0.860. The molecule has 8 heteroatoms. The molecule has 0 aromatic carbocycles. The van der Waals surface area contributed by atoms with E-state index >= 15 is 0 Å². The average molecular weight is 595 g/mol. The summed E-state index contributed by atoms with van der Waals surface area (Å²) < 4.78 is 27.9. The summed E-state index contributed by atoms with van der Waals surface area (Å²) in [5.41, 5.74) is 0.394. The van der Waals surface area contributed by atoms with Crippen LogP contribution in [-0.4, -0.2) is 60.6 Å². The zero-order chi connectivity index (χ0) is 29.7. The van der Waals surface area contributed by atoms with Gasteiger partial charge in [-0.3, -0.25) is 0 Å². The standard InChI is InChI=1S/C33H58N2O5S/c1-6-24-28-20-22(36)14-17-33(28,4)27-15-18-32(3)25(12-13-26(32)29(27)30(24)37)21(2)16-19-35(5)31(38)34-41(39,40)23-10-8-7-9-11-23/h21-30,36-37H,6-20H2,1-5H3,(H,34,38)/t21-,22-,24-,25-,26+,27+,28+,29+,30-,32-,33-/m1/s1. The lowest BCUT2D eigenvalue weighted by Gasteiger charge is -2.64. The number of carbonyl (C=O) groups excluding carboxylic acids is 1. The first kappa shape index (κ1) is 31.6. The second kappa shape index (κ2) is 11.9. The van der Waals surface area contributed by atoms with Gasteiger partial charge in [-0.05, 0) is 116 Å². The number of sulfonamides is 1. The topological polar surface area (TPSA) is 107 Å². The van der Waals surface area contributed by atoms with Gasteiger partial charge in [0, 0.05) is 13.6 Å². The van der Waals surface area contributed by atoms with Gasteiger partial charge in [-0.25, -0.2) is 17.9 Å². The van der Waals surface area contributed by atoms with Gasteiger partial charge in [-0.2, -0.15) is 0 Å². The van der Waals surface area contributed by atoms with Crippen molar-refractivity contribution in [2.75, 3.05) is 13.6 Å². The summed E-state index contributed by atoms with van der Waals surface area (Å²) in [7, 11) is -1.91. The van der Waals surface area contributed by atoms with Crippen LogP contribution in [0.15, 0.2) is 0 Å². The van der Waals surface area contributed by atoms with Crippen LogP contribution in [0.25, 0.3) is 0 Å². The van der Waals surface area contributed by atoms with Crippen LogP contribution in [0.2, 0.25) is 0 Å². The number of rotatable bonds is 7. The number of fused-ring (bicyclic) bond motifs is 5. The zero-order valence-electron chi connectivity index (χ0n) is 26.4. The Morgan fingerprint density at radius 2 is 1.61 bits per heavy atom. The second-order valence-corrected chi connectivity index (χ2v) is 17.5. The molecule has 0 radical (unpaired) electrons. The molecule has 0 saturated heterocycles. The van der Waals surface area contributed by atoms with Crippen molar-refractivity contribution in [2.45, 2.75) is 135 Å². The maximum atomic E-state index is 12.8. The highest BCUT2D eigenvalue weighted by atomic mass is 32.2. The first-order valence-electron chi connectivity index (χ1n) is 17.0. The molecule has 0 aromatic rings. The third kappa shape index (κ3) is 5.61. The number of nitrogens with one attached hydrogen (secondary N) is 1. The quantitative estimate of drug-likeness (QED) is 0.338.